The summed E-state index contributed by atoms with van der Waals surface area (Å²) in [5.41, 5.74) is 1.50. The Balaban J connectivity index is 2.40. The minimum atomic E-state index is -3.85. The molecule has 0 unspecified atom stereocenters. The molecule has 0 aliphatic rings. The molecule has 1 N–H and O–H groups in total. The fraction of sp³-hybridized carbons (Fsp3) is 0.417. The van der Waals surface area contributed by atoms with Gasteiger partial charge in [0.15, 0.2) is 0 Å². The van der Waals surface area contributed by atoms with Crippen LogP contribution in [0.2, 0.25) is 5.02 Å². The molecule has 0 saturated carbocycles. The van der Waals surface area contributed by atoms with Crippen LogP contribution in [-0.2, 0) is 26.2 Å². The molecule has 0 fully saturated rings. The van der Waals surface area contributed by atoms with E-state index in [1.54, 1.807) is 26.0 Å². The molecule has 0 saturated heterocycles. The van der Waals surface area contributed by atoms with Crippen molar-refractivity contribution in [3.63, 3.8) is 0 Å². The van der Waals surface area contributed by atoms with Gasteiger partial charge in [0.25, 0.3) is 0 Å². The Hall–Kier alpha value is -2.65. The van der Waals surface area contributed by atoms with Crippen LogP contribution in [0.15, 0.2) is 42.5 Å². The first-order valence-electron chi connectivity index (χ1n) is 10.8. The molecule has 2 aromatic rings. The van der Waals surface area contributed by atoms with Crippen molar-refractivity contribution in [2.75, 3.05) is 23.7 Å². The highest BCUT2D eigenvalue weighted by Gasteiger charge is 2.30. The topological polar surface area (TPSA) is 86.8 Å². The Morgan fingerprint density at radius 3 is 2.26 bits per heavy atom. The Morgan fingerprint density at radius 1 is 1.09 bits per heavy atom. The fourth-order valence-corrected chi connectivity index (χ4v) is 4.33. The summed E-state index contributed by atoms with van der Waals surface area (Å²) in [7, 11) is -3.85. The van der Waals surface area contributed by atoms with Crippen LogP contribution in [-0.4, -0.2) is 50.5 Å². The lowest BCUT2D eigenvalue weighted by Crippen LogP contribution is -2.51. The minimum Gasteiger partial charge on any atom is -0.354 e. The van der Waals surface area contributed by atoms with Crippen LogP contribution in [0, 0.1) is 18.7 Å². The van der Waals surface area contributed by atoms with Crippen molar-refractivity contribution in [3.05, 3.63) is 64.4 Å². The average Bonchev–Trinajstić information content (AvgIpc) is 2.75. The molecule has 186 valence electrons. The van der Waals surface area contributed by atoms with Crippen molar-refractivity contribution in [3.8, 4) is 0 Å². The Morgan fingerprint density at radius 2 is 1.71 bits per heavy atom. The number of sulfonamides is 1. The zero-order valence-electron chi connectivity index (χ0n) is 20.0. The van der Waals surface area contributed by atoms with Gasteiger partial charge in [-0.15, -0.1) is 0 Å². The van der Waals surface area contributed by atoms with Gasteiger partial charge in [-0.3, -0.25) is 13.9 Å². The second kappa shape index (κ2) is 11.7. The maximum absolute atomic E-state index is 13.5. The summed E-state index contributed by atoms with van der Waals surface area (Å²) >= 11 is 6.08. The minimum absolute atomic E-state index is 0.00150. The summed E-state index contributed by atoms with van der Waals surface area (Å²) < 4.78 is 39.6. The van der Waals surface area contributed by atoms with Crippen molar-refractivity contribution < 1.29 is 22.4 Å². The quantitative estimate of drug-likeness (QED) is 0.526. The van der Waals surface area contributed by atoms with Crippen molar-refractivity contribution in [2.24, 2.45) is 5.92 Å². The predicted molar refractivity (Wildman–Crippen MR) is 133 cm³/mol. The molecule has 0 heterocycles. The Labute approximate surface area is 205 Å². The van der Waals surface area contributed by atoms with Crippen molar-refractivity contribution >= 4 is 39.1 Å². The van der Waals surface area contributed by atoms with Gasteiger partial charge in [-0.05, 0) is 55.2 Å². The first kappa shape index (κ1) is 27.6. The summed E-state index contributed by atoms with van der Waals surface area (Å²) in [6.07, 6.45) is 1.00. The third-order valence-corrected chi connectivity index (χ3v) is 6.60. The number of aryl methyl sites for hydroxylation is 1. The predicted octanol–water partition coefficient (Wildman–Crippen LogP) is 3.74. The molecule has 10 heteroatoms. The van der Waals surface area contributed by atoms with Crippen LogP contribution in [0.5, 0.6) is 0 Å². The molecule has 0 bridgehead atoms. The van der Waals surface area contributed by atoms with Gasteiger partial charge in [0.1, 0.15) is 18.4 Å². The molecule has 0 aliphatic carbocycles. The average molecular weight is 512 g/mol. The standard InChI is InChI=1S/C24H31ClFN3O4S/c1-16(2)13-27-24(31)18(4)28(14-19-7-10-21(26)11-8-19)23(30)15-29(34(5,32)33)22-12-20(25)9-6-17(22)3/h6-12,16,18H,13-15H2,1-5H3,(H,27,31)/t18-/m0/s1. The van der Waals surface area contributed by atoms with E-state index in [0.29, 0.717) is 22.7 Å². The van der Waals surface area contributed by atoms with E-state index >= 15 is 0 Å². The van der Waals surface area contributed by atoms with E-state index in [0.717, 1.165) is 10.6 Å². The number of hydrogen-bond acceptors (Lipinski definition) is 4. The Kier molecular flexibility index (Phi) is 9.46. The van der Waals surface area contributed by atoms with Gasteiger partial charge < -0.3 is 10.2 Å². The first-order chi connectivity index (χ1) is 15.8. The smallest absolute Gasteiger partial charge is 0.244 e. The van der Waals surface area contributed by atoms with Gasteiger partial charge in [-0.1, -0.05) is 43.6 Å². The molecule has 7 nitrogen and oxygen atoms in total. The normalized spacial score (nSPS) is 12.4. The number of hydrogen-bond donors (Lipinski definition) is 1. The van der Waals surface area contributed by atoms with Gasteiger partial charge in [0, 0.05) is 18.1 Å². The zero-order chi connectivity index (χ0) is 25.6. The van der Waals surface area contributed by atoms with E-state index in [-0.39, 0.29) is 24.1 Å². The third-order valence-electron chi connectivity index (χ3n) is 5.24. The third kappa shape index (κ3) is 7.70. The summed E-state index contributed by atoms with van der Waals surface area (Å²) in [6.45, 7) is 7.09. The van der Waals surface area contributed by atoms with Gasteiger partial charge in [-0.25, -0.2) is 12.8 Å². The number of nitrogens with one attached hydrogen (secondary N) is 1. The van der Waals surface area contributed by atoms with Crippen molar-refractivity contribution in [1.82, 2.24) is 10.2 Å². The van der Waals surface area contributed by atoms with Crippen molar-refractivity contribution in [1.29, 1.82) is 0 Å². The molecular weight excluding hydrogens is 481 g/mol. The number of halogens is 2. The van der Waals surface area contributed by atoms with Crippen LogP contribution in [0.1, 0.15) is 31.9 Å². The van der Waals surface area contributed by atoms with E-state index < -0.39 is 34.3 Å². The maximum atomic E-state index is 13.5. The van der Waals surface area contributed by atoms with Crippen LogP contribution < -0.4 is 9.62 Å². The number of benzene rings is 2. The molecule has 1 atom stereocenters. The summed E-state index contributed by atoms with van der Waals surface area (Å²) in [4.78, 5) is 27.5. The number of carbonyl (C=O) groups excluding carboxylic acids is 2. The monoisotopic (exact) mass is 511 g/mol. The van der Waals surface area contributed by atoms with E-state index in [2.05, 4.69) is 5.32 Å². The molecule has 0 spiro atoms. The zero-order valence-corrected chi connectivity index (χ0v) is 21.6. The number of rotatable bonds is 10. The van der Waals surface area contributed by atoms with Crippen LogP contribution in [0.4, 0.5) is 10.1 Å². The lowest BCUT2D eigenvalue weighted by molar-refractivity contribution is -0.139. The first-order valence-corrected chi connectivity index (χ1v) is 13.1. The summed E-state index contributed by atoms with van der Waals surface area (Å²) in [5, 5.41) is 3.13. The van der Waals surface area contributed by atoms with Crippen LogP contribution in [0.3, 0.4) is 0 Å². The van der Waals surface area contributed by atoms with Crippen LogP contribution >= 0.6 is 11.6 Å². The molecule has 0 aromatic heterocycles. The number of carbonyl (C=O) groups is 2. The molecule has 0 aliphatic heterocycles. The van der Waals surface area contributed by atoms with Gasteiger partial charge in [0.05, 0.1) is 11.9 Å². The Bertz CT molecular complexity index is 1120. The highest BCUT2D eigenvalue weighted by Crippen LogP contribution is 2.26. The number of amides is 2. The van der Waals surface area contributed by atoms with Crippen molar-refractivity contribution in [2.45, 2.75) is 40.3 Å². The van der Waals surface area contributed by atoms with E-state index in [4.69, 9.17) is 11.6 Å². The SMILES string of the molecule is Cc1ccc(Cl)cc1N(CC(=O)N(Cc1ccc(F)cc1)[C@@H](C)C(=O)NCC(C)C)S(C)(=O)=O. The largest absolute Gasteiger partial charge is 0.354 e. The highest BCUT2D eigenvalue weighted by atomic mass is 35.5. The molecule has 2 rings (SSSR count). The molecular formula is C24H31ClFN3O4S. The number of nitrogens with zero attached hydrogens (tertiary/aromatic N) is 2. The van der Waals surface area contributed by atoms with E-state index in [1.807, 2.05) is 13.8 Å². The van der Waals surface area contributed by atoms with Gasteiger partial charge in [0.2, 0.25) is 21.8 Å². The fourth-order valence-electron chi connectivity index (χ4n) is 3.27. The second-order valence-corrected chi connectivity index (χ2v) is 11.0. The molecule has 2 aromatic carbocycles. The lowest BCUT2D eigenvalue weighted by Gasteiger charge is -2.32. The summed E-state index contributed by atoms with van der Waals surface area (Å²) in [5.74, 6) is -1.16. The molecule has 34 heavy (non-hydrogen) atoms. The molecule has 0 radical (unpaired) electrons. The van der Waals surface area contributed by atoms with Crippen LogP contribution in [0.25, 0.3) is 0 Å². The van der Waals surface area contributed by atoms with E-state index in [1.165, 1.54) is 35.2 Å². The second-order valence-electron chi connectivity index (χ2n) is 8.66. The lowest BCUT2D eigenvalue weighted by atomic mass is 10.1. The highest BCUT2D eigenvalue weighted by molar-refractivity contribution is 7.92. The molecule has 2 amide bonds. The number of anilines is 1. The maximum Gasteiger partial charge on any atom is 0.244 e. The van der Waals surface area contributed by atoms with Gasteiger partial charge in [-0.2, -0.15) is 0 Å². The van der Waals surface area contributed by atoms with Gasteiger partial charge >= 0.3 is 0 Å². The van der Waals surface area contributed by atoms with E-state index in [9.17, 15) is 22.4 Å². The summed E-state index contributed by atoms with van der Waals surface area (Å²) in [6, 6.07) is 9.45.